The number of aliphatic hydroxyl groups is 1. The zero-order valence-corrected chi connectivity index (χ0v) is 16.9. The van der Waals surface area contributed by atoms with E-state index in [1.807, 2.05) is 56.3 Å². The van der Waals surface area contributed by atoms with E-state index in [0.29, 0.717) is 21.6 Å². The van der Waals surface area contributed by atoms with Crippen LogP contribution in [0.2, 0.25) is 0 Å². The van der Waals surface area contributed by atoms with Crippen LogP contribution in [-0.4, -0.2) is 14.2 Å². The van der Waals surface area contributed by atoms with Crippen molar-refractivity contribution in [1.82, 2.24) is 9.13 Å². The standard InChI is InChI=1S/C22H22N2O3S/c1-13(2)12-24-21-17(20(26)23(3)22(24)27)11-18(28-21)19(25)16-10-6-8-14-7-4-5-9-15(14)16/h4-11,13,19,25H,12H2,1-3H3. The molecule has 0 spiro atoms. The number of thiophene rings is 1. The lowest BCUT2D eigenvalue weighted by molar-refractivity contribution is 0.226. The van der Waals surface area contributed by atoms with Gasteiger partial charge in [0.2, 0.25) is 0 Å². The Hall–Kier alpha value is -2.70. The van der Waals surface area contributed by atoms with Gasteiger partial charge in [0.25, 0.3) is 5.56 Å². The zero-order chi connectivity index (χ0) is 20.0. The van der Waals surface area contributed by atoms with Gasteiger partial charge in [0.1, 0.15) is 10.9 Å². The maximum absolute atomic E-state index is 12.6. The Morgan fingerprint density at radius 2 is 1.75 bits per heavy atom. The number of aromatic nitrogens is 2. The molecule has 1 N–H and O–H groups in total. The normalized spacial score (nSPS) is 12.9. The summed E-state index contributed by atoms with van der Waals surface area (Å²) < 4.78 is 2.79. The molecule has 0 fully saturated rings. The number of aliphatic hydroxyl groups excluding tert-OH is 1. The van der Waals surface area contributed by atoms with E-state index >= 15 is 0 Å². The molecule has 2 aromatic carbocycles. The molecule has 1 atom stereocenters. The largest absolute Gasteiger partial charge is 0.383 e. The summed E-state index contributed by atoms with van der Waals surface area (Å²) in [5.41, 5.74) is 0.145. The lowest BCUT2D eigenvalue weighted by atomic mass is 9.99. The second kappa shape index (κ2) is 7.04. The van der Waals surface area contributed by atoms with Crippen LogP contribution in [0.5, 0.6) is 0 Å². The van der Waals surface area contributed by atoms with Gasteiger partial charge >= 0.3 is 5.69 Å². The molecule has 2 heterocycles. The Labute approximate surface area is 166 Å². The Morgan fingerprint density at radius 3 is 2.50 bits per heavy atom. The Morgan fingerprint density at radius 1 is 1.04 bits per heavy atom. The van der Waals surface area contributed by atoms with Gasteiger partial charge in [-0.05, 0) is 28.3 Å². The maximum atomic E-state index is 12.6. The first-order valence-electron chi connectivity index (χ1n) is 9.27. The lowest BCUT2D eigenvalue weighted by Gasteiger charge is -2.12. The molecule has 144 valence electrons. The van der Waals surface area contributed by atoms with Gasteiger partial charge in [0.15, 0.2) is 0 Å². The van der Waals surface area contributed by atoms with E-state index in [4.69, 9.17) is 0 Å². The lowest BCUT2D eigenvalue weighted by Crippen LogP contribution is -2.38. The highest BCUT2D eigenvalue weighted by Crippen LogP contribution is 2.34. The smallest absolute Gasteiger partial charge is 0.331 e. The molecule has 0 saturated heterocycles. The summed E-state index contributed by atoms with van der Waals surface area (Å²) in [5, 5.41) is 13.6. The molecule has 0 radical (unpaired) electrons. The molecule has 28 heavy (non-hydrogen) atoms. The topological polar surface area (TPSA) is 64.2 Å². The molecule has 6 heteroatoms. The molecule has 0 aliphatic rings. The van der Waals surface area contributed by atoms with Gasteiger partial charge in [-0.1, -0.05) is 56.3 Å². The van der Waals surface area contributed by atoms with Crippen LogP contribution in [0.3, 0.4) is 0 Å². The van der Waals surface area contributed by atoms with Crippen molar-refractivity contribution in [1.29, 1.82) is 0 Å². The summed E-state index contributed by atoms with van der Waals surface area (Å²) >= 11 is 1.31. The highest BCUT2D eigenvalue weighted by atomic mass is 32.1. The third kappa shape index (κ3) is 2.99. The number of hydrogen-bond donors (Lipinski definition) is 1. The number of hydrogen-bond acceptors (Lipinski definition) is 4. The van der Waals surface area contributed by atoms with Gasteiger partial charge in [0, 0.05) is 18.5 Å². The van der Waals surface area contributed by atoms with Crippen LogP contribution in [-0.2, 0) is 13.6 Å². The molecule has 4 aromatic rings. The van der Waals surface area contributed by atoms with Crippen molar-refractivity contribution in [3.63, 3.8) is 0 Å². The van der Waals surface area contributed by atoms with Crippen molar-refractivity contribution in [3.8, 4) is 0 Å². The SMILES string of the molecule is CC(C)Cn1c(=O)n(C)c(=O)c2cc(C(O)c3cccc4ccccc34)sc21. The molecule has 4 rings (SSSR count). The van der Waals surface area contributed by atoms with Crippen molar-refractivity contribution >= 4 is 32.3 Å². The Bertz CT molecular complexity index is 1290. The van der Waals surface area contributed by atoms with Crippen molar-refractivity contribution < 1.29 is 5.11 Å². The van der Waals surface area contributed by atoms with E-state index in [1.54, 1.807) is 10.6 Å². The summed E-state index contributed by atoms with van der Waals surface area (Å²) in [6.45, 7) is 4.58. The monoisotopic (exact) mass is 394 g/mol. The first-order valence-corrected chi connectivity index (χ1v) is 10.1. The van der Waals surface area contributed by atoms with E-state index in [1.165, 1.54) is 18.4 Å². The van der Waals surface area contributed by atoms with E-state index in [9.17, 15) is 14.7 Å². The van der Waals surface area contributed by atoms with E-state index in [-0.39, 0.29) is 17.2 Å². The van der Waals surface area contributed by atoms with Crippen LogP contribution < -0.4 is 11.2 Å². The number of fused-ring (bicyclic) bond motifs is 2. The van der Waals surface area contributed by atoms with Crippen molar-refractivity contribution in [2.24, 2.45) is 13.0 Å². The first-order chi connectivity index (χ1) is 13.4. The van der Waals surface area contributed by atoms with Crippen LogP contribution in [0, 0.1) is 5.92 Å². The van der Waals surface area contributed by atoms with Crippen molar-refractivity contribution in [3.05, 3.63) is 79.8 Å². The first kappa shape index (κ1) is 18.7. The van der Waals surface area contributed by atoms with Crippen LogP contribution in [0.1, 0.15) is 30.4 Å². The van der Waals surface area contributed by atoms with Crippen LogP contribution in [0.15, 0.2) is 58.1 Å². The van der Waals surface area contributed by atoms with Crippen LogP contribution in [0.4, 0.5) is 0 Å². The minimum atomic E-state index is -0.865. The molecule has 0 amide bonds. The quantitative estimate of drug-likeness (QED) is 0.575. The van der Waals surface area contributed by atoms with Gasteiger partial charge in [-0.3, -0.25) is 13.9 Å². The van der Waals surface area contributed by atoms with Crippen LogP contribution >= 0.6 is 11.3 Å². The summed E-state index contributed by atoms with van der Waals surface area (Å²) in [4.78, 5) is 26.6. The second-order valence-electron chi connectivity index (χ2n) is 7.49. The van der Waals surface area contributed by atoms with Gasteiger partial charge in [-0.25, -0.2) is 4.79 Å². The molecule has 2 aromatic heterocycles. The maximum Gasteiger partial charge on any atom is 0.331 e. The number of rotatable bonds is 4. The van der Waals surface area contributed by atoms with E-state index in [2.05, 4.69) is 0 Å². The molecular weight excluding hydrogens is 372 g/mol. The number of benzene rings is 2. The van der Waals surface area contributed by atoms with Gasteiger partial charge in [-0.2, -0.15) is 0 Å². The molecular formula is C22H22N2O3S. The van der Waals surface area contributed by atoms with Gasteiger partial charge in [0.05, 0.1) is 5.39 Å². The summed E-state index contributed by atoms with van der Waals surface area (Å²) in [5.74, 6) is 0.256. The fourth-order valence-electron chi connectivity index (χ4n) is 3.59. The minimum absolute atomic E-state index is 0.256. The molecule has 0 saturated carbocycles. The van der Waals surface area contributed by atoms with Crippen molar-refractivity contribution in [2.45, 2.75) is 26.5 Å². The molecule has 0 aliphatic carbocycles. The minimum Gasteiger partial charge on any atom is -0.383 e. The highest BCUT2D eigenvalue weighted by molar-refractivity contribution is 7.18. The van der Waals surface area contributed by atoms with Gasteiger partial charge in [-0.15, -0.1) is 11.3 Å². The zero-order valence-electron chi connectivity index (χ0n) is 16.0. The van der Waals surface area contributed by atoms with Gasteiger partial charge < -0.3 is 5.11 Å². The summed E-state index contributed by atoms with van der Waals surface area (Å²) in [7, 11) is 1.50. The Balaban J connectivity index is 1.93. The molecule has 0 aliphatic heterocycles. The molecule has 5 nitrogen and oxygen atoms in total. The second-order valence-corrected chi connectivity index (χ2v) is 8.55. The third-order valence-corrected chi connectivity index (χ3v) is 6.18. The molecule has 1 unspecified atom stereocenters. The summed E-state index contributed by atoms with van der Waals surface area (Å²) in [6.07, 6.45) is -0.865. The summed E-state index contributed by atoms with van der Waals surface area (Å²) in [6, 6.07) is 15.4. The molecule has 0 bridgehead atoms. The predicted octanol–water partition coefficient (Wildman–Crippen LogP) is 3.65. The highest BCUT2D eigenvalue weighted by Gasteiger charge is 2.21. The van der Waals surface area contributed by atoms with E-state index < -0.39 is 6.10 Å². The fraction of sp³-hybridized carbons (Fsp3) is 0.273. The van der Waals surface area contributed by atoms with Crippen LogP contribution in [0.25, 0.3) is 21.0 Å². The van der Waals surface area contributed by atoms with Crippen molar-refractivity contribution in [2.75, 3.05) is 0 Å². The average molecular weight is 394 g/mol. The third-order valence-electron chi connectivity index (χ3n) is 4.96. The Kier molecular flexibility index (Phi) is 4.69. The number of nitrogens with zero attached hydrogens (tertiary/aromatic N) is 2. The van der Waals surface area contributed by atoms with E-state index in [0.717, 1.165) is 20.9 Å². The average Bonchev–Trinajstić information content (AvgIpc) is 3.14. The predicted molar refractivity (Wildman–Crippen MR) is 114 cm³/mol. The fourth-order valence-corrected chi connectivity index (χ4v) is 4.75.